The predicted molar refractivity (Wildman–Crippen MR) is 87.5 cm³/mol. The second kappa shape index (κ2) is 9.99. The second-order valence-corrected chi connectivity index (χ2v) is 6.66. The topological polar surface area (TPSA) is 47.6 Å². The Hall–Kier alpha value is -0.830. The van der Waals surface area contributed by atoms with Crippen LogP contribution in [0.1, 0.15) is 33.6 Å². The number of halogens is 1. The van der Waals surface area contributed by atoms with Crippen molar-refractivity contribution in [2.24, 2.45) is 5.92 Å². The average Bonchev–Trinajstić information content (AvgIpc) is 2.48. The fourth-order valence-corrected chi connectivity index (χ4v) is 3.10. The molecule has 0 saturated heterocycles. The van der Waals surface area contributed by atoms with E-state index in [2.05, 4.69) is 18.9 Å². The SMILES string of the molecule is CCC(CC)COC(=O)C(C)NP(Cl)Oc1ccccc1. The Kier molecular flexibility index (Phi) is 8.67. The lowest BCUT2D eigenvalue weighted by Crippen LogP contribution is -2.33. The minimum absolute atomic E-state index is 0.299. The van der Waals surface area contributed by atoms with Crippen LogP contribution in [0.25, 0.3) is 0 Å². The van der Waals surface area contributed by atoms with Crippen LogP contribution in [0.3, 0.4) is 0 Å². The maximum atomic E-state index is 11.9. The largest absolute Gasteiger partial charge is 0.464 e. The molecule has 118 valence electrons. The molecule has 1 N–H and O–H groups in total. The molecule has 1 aromatic carbocycles. The van der Waals surface area contributed by atoms with Crippen LogP contribution in [-0.2, 0) is 9.53 Å². The van der Waals surface area contributed by atoms with Crippen LogP contribution in [0, 0.1) is 5.92 Å². The minimum Gasteiger partial charge on any atom is -0.464 e. The molecule has 0 aliphatic carbocycles. The molecule has 0 aromatic heterocycles. The van der Waals surface area contributed by atoms with E-state index in [1.807, 2.05) is 30.3 Å². The summed E-state index contributed by atoms with van der Waals surface area (Å²) < 4.78 is 10.8. The number of para-hydroxylation sites is 1. The highest BCUT2D eigenvalue weighted by molar-refractivity contribution is 7.78. The summed E-state index contributed by atoms with van der Waals surface area (Å²) in [4.78, 5) is 11.9. The lowest BCUT2D eigenvalue weighted by atomic mass is 10.1. The summed E-state index contributed by atoms with van der Waals surface area (Å²) in [6.45, 7) is 6.36. The highest BCUT2D eigenvalue weighted by Crippen LogP contribution is 2.39. The fraction of sp³-hybridized carbons (Fsp3) is 0.533. The molecule has 0 amide bonds. The monoisotopic (exact) mass is 331 g/mol. The molecule has 0 aliphatic heterocycles. The van der Waals surface area contributed by atoms with E-state index in [9.17, 15) is 4.79 Å². The molecule has 0 bridgehead atoms. The van der Waals surface area contributed by atoms with Gasteiger partial charge in [-0.05, 0) is 36.2 Å². The first-order valence-corrected chi connectivity index (χ1v) is 9.35. The van der Waals surface area contributed by atoms with Crippen LogP contribution in [0.2, 0.25) is 0 Å². The molecule has 4 nitrogen and oxygen atoms in total. The van der Waals surface area contributed by atoms with Crippen LogP contribution in [0.4, 0.5) is 0 Å². The zero-order valence-corrected chi connectivity index (χ0v) is 14.4. The first-order chi connectivity index (χ1) is 10.1. The van der Waals surface area contributed by atoms with E-state index in [0.29, 0.717) is 18.3 Å². The first kappa shape index (κ1) is 18.2. The normalized spacial score (nSPS) is 13.8. The Morgan fingerprint density at radius 2 is 1.90 bits per heavy atom. The number of rotatable bonds is 9. The Morgan fingerprint density at radius 3 is 2.48 bits per heavy atom. The molecule has 1 aromatic rings. The van der Waals surface area contributed by atoms with Gasteiger partial charge in [0.15, 0.2) is 0 Å². The third-order valence-electron chi connectivity index (χ3n) is 3.19. The van der Waals surface area contributed by atoms with Gasteiger partial charge in [0.25, 0.3) is 7.65 Å². The Labute approximate surface area is 132 Å². The zero-order valence-electron chi connectivity index (χ0n) is 12.7. The van der Waals surface area contributed by atoms with Crippen molar-refractivity contribution >= 4 is 24.9 Å². The molecule has 2 unspecified atom stereocenters. The third kappa shape index (κ3) is 7.12. The highest BCUT2D eigenvalue weighted by atomic mass is 35.7. The predicted octanol–water partition coefficient (Wildman–Crippen LogP) is 4.49. The average molecular weight is 332 g/mol. The van der Waals surface area contributed by atoms with Crippen LogP contribution in [0.5, 0.6) is 5.75 Å². The number of nitrogens with one attached hydrogen (secondary N) is 1. The van der Waals surface area contributed by atoms with Gasteiger partial charge in [0.2, 0.25) is 0 Å². The molecule has 0 fully saturated rings. The second-order valence-electron chi connectivity index (χ2n) is 4.81. The van der Waals surface area contributed by atoms with E-state index in [1.54, 1.807) is 6.92 Å². The van der Waals surface area contributed by atoms with Gasteiger partial charge < -0.3 is 9.26 Å². The fourth-order valence-electron chi connectivity index (χ4n) is 1.65. The lowest BCUT2D eigenvalue weighted by Gasteiger charge is -2.19. The van der Waals surface area contributed by atoms with Crippen LogP contribution in [-0.4, -0.2) is 18.6 Å². The van der Waals surface area contributed by atoms with E-state index in [0.717, 1.165) is 12.8 Å². The number of ether oxygens (including phenoxy) is 1. The van der Waals surface area contributed by atoms with Crippen molar-refractivity contribution in [2.45, 2.75) is 39.7 Å². The zero-order chi connectivity index (χ0) is 15.7. The minimum atomic E-state index is -1.44. The number of hydrogen-bond acceptors (Lipinski definition) is 4. The van der Waals surface area contributed by atoms with Gasteiger partial charge in [-0.2, -0.15) is 0 Å². The van der Waals surface area contributed by atoms with Gasteiger partial charge in [-0.25, -0.2) is 5.09 Å². The van der Waals surface area contributed by atoms with Crippen molar-refractivity contribution in [2.75, 3.05) is 6.61 Å². The van der Waals surface area contributed by atoms with Gasteiger partial charge in [0.05, 0.1) is 6.61 Å². The first-order valence-electron chi connectivity index (χ1n) is 7.18. The number of carbonyl (C=O) groups is 1. The molecule has 0 saturated carbocycles. The molecular formula is C15H23ClNO3P. The van der Waals surface area contributed by atoms with Crippen molar-refractivity contribution in [1.29, 1.82) is 0 Å². The van der Waals surface area contributed by atoms with Crippen molar-refractivity contribution in [3.05, 3.63) is 30.3 Å². The Balaban J connectivity index is 2.34. The summed E-state index contributed by atoms with van der Waals surface area (Å²) in [6.07, 6.45) is 2.01. The van der Waals surface area contributed by atoms with Gasteiger partial charge in [-0.1, -0.05) is 44.9 Å². The van der Waals surface area contributed by atoms with Crippen LogP contribution in [0.15, 0.2) is 30.3 Å². The number of carbonyl (C=O) groups excluding carboxylic acids is 1. The van der Waals surface area contributed by atoms with Crippen molar-refractivity contribution < 1.29 is 14.1 Å². The third-order valence-corrected chi connectivity index (χ3v) is 4.65. The Morgan fingerprint density at radius 1 is 1.29 bits per heavy atom. The van der Waals surface area contributed by atoms with Gasteiger partial charge >= 0.3 is 5.97 Å². The molecule has 0 spiro atoms. The number of benzene rings is 1. The molecule has 0 aliphatic rings. The summed E-state index contributed by atoms with van der Waals surface area (Å²) in [5.41, 5.74) is 0. The van der Waals surface area contributed by atoms with Crippen molar-refractivity contribution in [3.8, 4) is 5.75 Å². The van der Waals surface area contributed by atoms with Crippen molar-refractivity contribution in [1.82, 2.24) is 5.09 Å². The molecule has 6 heteroatoms. The highest BCUT2D eigenvalue weighted by Gasteiger charge is 2.20. The summed E-state index contributed by atoms with van der Waals surface area (Å²) in [5.74, 6) is 0.787. The summed E-state index contributed by atoms with van der Waals surface area (Å²) >= 11 is 6.10. The van der Waals surface area contributed by atoms with E-state index < -0.39 is 13.7 Å². The lowest BCUT2D eigenvalue weighted by molar-refractivity contribution is -0.146. The summed E-state index contributed by atoms with van der Waals surface area (Å²) in [7, 11) is -1.44. The number of hydrogen-bond donors (Lipinski definition) is 1. The molecule has 2 atom stereocenters. The van der Waals surface area contributed by atoms with Gasteiger partial charge in [-0.15, -0.1) is 0 Å². The van der Waals surface area contributed by atoms with E-state index >= 15 is 0 Å². The van der Waals surface area contributed by atoms with Crippen LogP contribution < -0.4 is 9.61 Å². The quantitative estimate of drug-likeness (QED) is 0.535. The standard InChI is InChI=1S/C15H23ClNO3P/c1-4-13(5-2)11-19-15(18)12(3)17-21(16)20-14-9-7-6-8-10-14/h6-10,12-13,17H,4-5,11H2,1-3H3. The van der Waals surface area contributed by atoms with Gasteiger partial charge in [-0.3, -0.25) is 4.79 Å². The maximum absolute atomic E-state index is 11.9. The van der Waals surface area contributed by atoms with Crippen LogP contribution >= 0.6 is 18.9 Å². The molecular weight excluding hydrogens is 309 g/mol. The molecule has 1 rings (SSSR count). The molecule has 0 heterocycles. The Bertz CT molecular complexity index is 415. The smallest absolute Gasteiger partial charge is 0.323 e. The van der Waals surface area contributed by atoms with Gasteiger partial charge in [0, 0.05) is 0 Å². The molecule has 0 radical (unpaired) electrons. The summed E-state index contributed by atoms with van der Waals surface area (Å²) in [5, 5.41) is 2.92. The molecule has 21 heavy (non-hydrogen) atoms. The van der Waals surface area contributed by atoms with E-state index in [4.69, 9.17) is 20.5 Å². The van der Waals surface area contributed by atoms with Gasteiger partial charge in [0.1, 0.15) is 11.8 Å². The maximum Gasteiger partial charge on any atom is 0.323 e. The number of esters is 1. The summed E-state index contributed by atoms with van der Waals surface area (Å²) in [6, 6.07) is 8.76. The van der Waals surface area contributed by atoms with Crippen molar-refractivity contribution in [3.63, 3.8) is 0 Å². The van der Waals surface area contributed by atoms with E-state index in [-0.39, 0.29) is 5.97 Å². The van der Waals surface area contributed by atoms with E-state index in [1.165, 1.54) is 0 Å².